The molecule has 1 aliphatic carbocycles. The van der Waals surface area contributed by atoms with E-state index < -0.39 is 0 Å². The first kappa shape index (κ1) is 16.0. The fourth-order valence-electron chi connectivity index (χ4n) is 2.60. The topological polar surface area (TPSA) is 72.9 Å². The lowest BCUT2D eigenvalue weighted by Gasteiger charge is -2.10. The number of hydrogen-bond acceptors (Lipinski definition) is 3. The molecule has 122 valence electrons. The number of benzene rings is 1. The molecule has 1 heterocycles. The van der Waals surface area contributed by atoms with Crippen LogP contribution < -0.4 is 11.1 Å². The summed E-state index contributed by atoms with van der Waals surface area (Å²) in [7, 11) is 0. The van der Waals surface area contributed by atoms with Crippen molar-refractivity contribution in [1.82, 2.24) is 15.1 Å². The summed E-state index contributed by atoms with van der Waals surface area (Å²) in [6, 6.07) is 5.85. The summed E-state index contributed by atoms with van der Waals surface area (Å²) in [6.07, 6.45) is 4.61. The standard InChI is InChI=1S/C17H21ClN4O/c1-11-3-6-13(9-15(11)18)22-16(12-4-5-12)14(10-21-22)17(23)20-8-2-7-19/h3,6,9-10,12H,2,4-5,7-8,19H2,1H3,(H,20,23). The van der Waals surface area contributed by atoms with Gasteiger partial charge in [0.2, 0.25) is 0 Å². The molecule has 5 nitrogen and oxygen atoms in total. The number of hydrogen-bond donors (Lipinski definition) is 2. The van der Waals surface area contributed by atoms with Crippen LogP contribution in [0.5, 0.6) is 0 Å². The Hall–Kier alpha value is -1.85. The lowest BCUT2D eigenvalue weighted by atomic mass is 10.1. The van der Waals surface area contributed by atoms with E-state index in [0.29, 0.717) is 29.6 Å². The Morgan fingerprint density at radius 2 is 2.26 bits per heavy atom. The highest BCUT2D eigenvalue weighted by molar-refractivity contribution is 6.31. The molecular formula is C17H21ClN4O. The molecule has 1 aliphatic rings. The van der Waals surface area contributed by atoms with Gasteiger partial charge >= 0.3 is 0 Å². The highest BCUT2D eigenvalue weighted by atomic mass is 35.5. The highest BCUT2D eigenvalue weighted by Crippen LogP contribution is 2.42. The van der Waals surface area contributed by atoms with E-state index >= 15 is 0 Å². The Morgan fingerprint density at radius 3 is 2.91 bits per heavy atom. The Morgan fingerprint density at radius 1 is 1.48 bits per heavy atom. The van der Waals surface area contributed by atoms with E-state index in [2.05, 4.69) is 10.4 Å². The molecule has 1 aromatic carbocycles. The maximum Gasteiger partial charge on any atom is 0.254 e. The van der Waals surface area contributed by atoms with Crippen molar-refractivity contribution in [2.24, 2.45) is 5.73 Å². The maximum atomic E-state index is 12.4. The van der Waals surface area contributed by atoms with Gasteiger partial charge in [0.05, 0.1) is 23.1 Å². The van der Waals surface area contributed by atoms with Crippen molar-refractivity contribution in [3.05, 3.63) is 46.2 Å². The Bertz CT molecular complexity index is 721. The van der Waals surface area contributed by atoms with Crippen molar-refractivity contribution in [2.75, 3.05) is 13.1 Å². The smallest absolute Gasteiger partial charge is 0.254 e. The summed E-state index contributed by atoms with van der Waals surface area (Å²) in [5, 5.41) is 8.05. The van der Waals surface area contributed by atoms with Gasteiger partial charge in [-0.2, -0.15) is 5.10 Å². The summed E-state index contributed by atoms with van der Waals surface area (Å²) in [6.45, 7) is 3.12. The first-order valence-corrected chi connectivity index (χ1v) is 8.32. The van der Waals surface area contributed by atoms with Crippen LogP contribution in [-0.2, 0) is 0 Å². The molecule has 6 heteroatoms. The van der Waals surface area contributed by atoms with Gasteiger partial charge in [0.15, 0.2) is 0 Å². The molecule has 3 N–H and O–H groups in total. The molecule has 1 fully saturated rings. The van der Waals surface area contributed by atoms with Crippen molar-refractivity contribution in [3.63, 3.8) is 0 Å². The molecule has 0 atom stereocenters. The quantitative estimate of drug-likeness (QED) is 0.799. The summed E-state index contributed by atoms with van der Waals surface area (Å²) in [5.41, 5.74) is 9.02. The molecule has 0 unspecified atom stereocenters. The number of aromatic nitrogens is 2. The second-order valence-electron chi connectivity index (χ2n) is 5.96. The minimum absolute atomic E-state index is 0.0789. The zero-order valence-electron chi connectivity index (χ0n) is 13.2. The van der Waals surface area contributed by atoms with Gasteiger partial charge in [-0.05, 0) is 50.4 Å². The van der Waals surface area contributed by atoms with E-state index in [-0.39, 0.29) is 5.91 Å². The number of amides is 1. The number of nitrogens with zero attached hydrogens (tertiary/aromatic N) is 2. The predicted molar refractivity (Wildman–Crippen MR) is 91.3 cm³/mol. The molecule has 2 aromatic rings. The number of rotatable bonds is 6. The van der Waals surface area contributed by atoms with Crippen LogP contribution in [0.15, 0.2) is 24.4 Å². The predicted octanol–water partition coefficient (Wildman–Crippen LogP) is 2.79. The van der Waals surface area contributed by atoms with Crippen LogP contribution in [0.2, 0.25) is 5.02 Å². The lowest BCUT2D eigenvalue weighted by molar-refractivity contribution is 0.0952. The third-order valence-corrected chi connectivity index (χ3v) is 4.49. The van der Waals surface area contributed by atoms with Crippen LogP contribution in [0.25, 0.3) is 5.69 Å². The summed E-state index contributed by atoms with van der Waals surface area (Å²) in [5.74, 6) is 0.317. The second-order valence-corrected chi connectivity index (χ2v) is 6.37. The molecular weight excluding hydrogens is 312 g/mol. The molecule has 0 saturated heterocycles. The number of carbonyl (C=O) groups excluding carboxylic acids is 1. The molecule has 0 aliphatic heterocycles. The van der Waals surface area contributed by atoms with Crippen LogP contribution >= 0.6 is 11.6 Å². The fourth-order valence-corrected chi connectivity index (χ4v) is 2.78. The van der Waals surface area contributed by atoms with Gasteiger partial charge in [-0.3, -0.25) is 4.79 Å². The Kier molecular flexibility index (Phi) is 4.68. The fraction of sp³-hybridized carbons (Fsp3) is 0.412. The molecule has 23 heavy (non-hydrogen) atoms. The van der Waals surface area contributed by atoms with Gasteiger partial charge in [-0.1, -0.05) is 17.7 Å². The monoisotopic (exact) mass is 332 g/mol. The largest absolute Gasteiger partial charge is 0.352 e. The van der Waals surface area contributed by atoms with E-state index in [4.69, 9.17) is 17.3 Å². The SMILES string of the molecule is Cc1ccc(-n2ncc(C(=O)NCCCN)c2C2CC2)cc1Cl. The molecule has 1 aromatic heterocycles. The number of carbonyl (C=O) groups is 1. The number of nitrogens with two attached hydrogens (primary N) is 1. The third-order valence-electron chi connectivity index (χ3n) is 4.08. The van der Waals surface area contributed by atoms with Crippen molar-refractivity contribution < 1.29 is 4.79 Å². The van der Waals surface area contributed by atoms with E-state index in [9.17, 15) is 4.79 Å². The maximum absolute atomic E-state index is 12.4. The number of nitrogens with one attached hydrogen (secondary N) is 1. The summed E-state index contributed by atoms with van der Waals surface area (Å²) >= 11 is 6.23. The van der Waals surface area contributed by atoms with E-state index in [1.807, 2.05) is 29.8 Å². The molecule has 3 rings (SSSR count). The average molecular weight is 333 g/mol. The Labute approximate surface area is 140 Å². The van der Waals surface area contributed by atoms with E-state index in [1.54, 1.807) is 6.20 Å². The zero-order valence-corrected chi connectivity index (χ0v) is 13.9. The minimum atomic E-state index is -0.0789. The zero-order chi connectivity index (χ0) is 16.4. The van der Waals surface area contributed by atoms with Crippen molar-refractivity contribution in [3.8, 4) is 5.69 Å². The van der Waals surface area contributed by atoms with E-state index in [0.717, 1.165) is 36.2 Å². The minimum Gasteiger partial charge on any atom is -0.352 e. The van der Waals surface area contributed by atoms with Gasteiger partial charge in [-0.25, -0.2) is 4.68 Å². The van der Waals surface area contributed by atoms with Gasteiger partial charge in [-0.15, -0.1) is 0 Å². The Balaban J connectivity index is 1.92. The molecule has 0 bridgehead atoms. The third kappa shape index (κ3) is 3.41. The number of aryl methyl sites for hydroxylation is 1. The van der Waals surface area contributed by atoms with E-state index in [1.165, 1.54) is 0 Å². The van der Waals surface area contributed by atoms with Crippen LogP contribution in [-0.4, -0.2) is 28.8 Å². The van der Waals surface area contributed by atoms with Gasteiger partial charge in [0, 0.05) is 17.5 Å². The second kappa shape index (κ2) is 6.72. The van der Waals surface area contributed by atoms with Crippen molar-refractivity contribution >= 4 is 17.5 Å². The molecule has 0 spiro atoms. The van der Waals surface area contributed by atoms with Crippen LogP contribution in [0, 0.1) is 6.92 Å². The molecule has 1 saturated carbocycles. The van der Waals surface area contributed by atoms with Crippen LogP contribution in [0.3, 0.4) is 0 Å². The first-order valence-electron chi connectivity index (χ1n) is 7.94. The average Bonchev–Trinajstić information content (AvgIpc) is 3.28. The highest BCUT2D eigenvalue weighted by Gasteiger charge is 2.32. The number of halogens is 1. The summed E-state index contributed by atoms with van der Waals surface area (Å²) < 4.78 is 1.85. The first-order chi connectivity index (χ1) is 11.1. The van der Waals surface area contributed by atoms with Crippen LogP contribution in [0.1, 0.15) is 46.8 Å². The summed E-state index contributed by atoms with van der Waals surface area (Å²) in [4.78, 5) is 12.4. The van der Waals surface area contributed by atoms with Crippen LogP contribution in [0.4, 0.5) is 0 Å². The molecule has 0 radical (unpaired) electrons. The normalized spacial score (nSPS) is 14.0. The van der Waals surface area contributed by atoms with Crippen molar-refractivity contribution in [2.45, 2.75) is 32.1 Å². The van der Waals surface area contributed by atoms with Gasteiger partial charge in [0.1, 0.15) is 0 Å². The van der Waals surface area contributed by atoms with Crippen molar-refractivity contribution in [1.29, 1.82) is 0 Å². The lowest BCUT2D eigenvalue weighted by Crippen LogP contribution is -2.26. The van der Waals surface area contributed by atoms with Gasteiger partial charge in [0.25, 0.3) is 5.91 Å². The van der Waals surface area contributed by atoms with Gasteiger partial charge < -0.3 is 11.1 Å². The molecule has 1 amide bonds.